The summed E-state index contributed by atoms with van der Waals surface area (Å²) in [5.74, 6) is -2.14. The molecular formula is C16H16N4O4. The van der Waals surface area contributed by atoms with Crippen molar-refractivity contribution < 1.29 is 19.4 Å². The summed E-state index contributed by atoms with van der Waals surface area (Å²) in [7, 11) is 1.72. The Kier molecular flexibility index (Phi) is 4.05. The van der Waals surface area contributed by atoms with Crippen molar-refractivity contribution in [3.8, 4) is 0 Å². The summed E-state index contributed by atoms with van der Waals surface area (Å²) in [6.45, 7) is 2.47. The number of ether oxygens (including phenoxy) is 1. The first kappa shape index (κ1) is 15.8. The van der Waals surface area contributed by atoms with E-state index in [1.54, 1.807) is 30.5 Å². The number of ketones is 1. The number of pyridine rings is 1. The quantitative estimate of drug-likeness (QED) is 0.431. The van der Waals surface area contributed by atoms with Gasteiger partial charge < -0.3 is 14.8 Å². The summed E-state index contributed by atoms with van der Waals surface area (Å²) in [5, 5.41) is 11.7. The number of H-pyrrole nitrogens is 1. The molecule has 24 heavy (non-hydrogen) atoms. The van der Waals surface area contributed by atoms with Crippen LogP contribution in [0.15, 0.2) is 41.7 Å². The van der Waals surface area contributed by atoms with Crippen LogP contribution in [0.25, 0.3) is 17.1 Å². The standard InChI is InChI=1S/C16H16N4O4/c1-3-20(2)19-15-12(16(22)23)13(21)11(24-15)7-9-8-18-14-10(9)5-4-6-17-14/h4-8,19H,3H2,1-2H3,(H,17,18)(H,22,23). The smallest absolute Gasteiger partial charge is 0.345 e. The number of carbonyl (C=O) groups excluding carboxylic acids is 1. The van der Waals surface area contributed by atoms with Crippen LogP contribution in [0.2, 0.25) is 0 Å². The fraction of sp³-hybridized carbons (Fsp3) is 0.188. The third-order valence-electron chi connectivity index (χ3n) is 3.64. The van der Waals surface area contributed by atoms with Gasteiger partial charge in [0.2, 0.25) is 11.7 Å². The van der Waals surface area contributed by atoms with Crippen LogP contribution in [0.5, 0.6) is 0 Å². The lowest BCUT2D eigenvalue weighted by Gasteiger charge is -2.17. The molecule has 0 unspecified atom stereocenters. The molecule has 0 aliphatic carbocycles. The SMILES string of the molecule is CCN(C)NC1=C(C(=O)O)C(=O)C(=Cc2c[nH]c3ncccc23)O1. The van der Waals surface area contributed by atoms with Crippen molar-refractivity contribution in [1.82, 2.24) is 20.4 Å². The average Bonchev–Trinajstić information content (AvgIpc) is 3.09. The maximum Gasteiger partial charge on any atom is 0.345 e. The third kappa shape index (κ3) is 2.74. The Hall–Kier alpha value is -3.13. The van der Waals surface area contributed by atoms with Crippen LogP contribution in [0, 0.1) is 0 Å². The Morgan fingerprint density at radius 2 is 2.33 bits per heavy atom. The molecule has 8 heteroatoms. The van der Waals surface area contributed by atoms with Gasteiger partial charge in [-0.15, -0.1) is 0 Å². The van der Waals surface area contributed by atoms with Crippen molar-refractivity contribution in [1.29, 1.82) is 0 Å². The zero-order valence-electron chi connectivity index (χ0n) is 13.2. The molecule has 2 aromatic heterocycles. The molecule has 3 N–H and O–H groups in total. The minimum Gasteiger partial charge on any atom is -0.477 e. The van der Waals surface area contributed by atoms with Gasteiger partial charge in [0.25, 0.3) is 0 Å². The van der Waals surface area contributed by atoms with Gasteiger partial charge in [-0.3, -0.25) is 10.2 Å². The summed E-state index contributed by atoms with van der Waals surface area (Å²) in [6.07, 6.45) is 4.84. The number of hydrogen-bond acceptors (Lipinski definition) is 6. The van der Waals surface area contributed by atoms with E-state index >= 15 is 0 Å². The molecule has 3 heterocycles. The van der Waals surface area contributed by atoms with E-state index < -0.39 is 17.3 Å². The van der Waals surface area contributed by atoms with E-state index in [-0.39, 0.29) is 11.6 Å². The summed E-state index contributed by atoms with van der Waals surface area (Å²) in [6, 6.07) is 3.62. The third-order valence-corrected chi connectivity index (χ3v) is 3.64. The van der Waals surface area contributed by atoms with E-state index in [1.165, 1.54) is 6.08 Å². The molecule has 0 spiro atoms. The number of aliphatic carboxylic acids is 1. The van der Waals surface area contributed by atoms with Crippen LogP contribution < -0.4 is 5.43 Å². The Bertz CT molecular complexity index is 881. The lowest BCUT2D eigenvalue weighted by Crippen LogP contribution is -2.34. The zero-order chi connectivity index (χ0) is 17.3. The number of fused-ring (bicyclic) bond motifs is 1. The number of carbonyl (C=O) groups is 2. The van der Waals surface area contributed by atoms with E-state index in [0.29, 0.717) is 17.8 Å². The number of hydrogen-bond donors (Lipinski definition) is 3. The first-order valence-corrected chi connectivity index (χ1v) is 7.33. The molecule has 3 rings (SSSR count). The lowest BCUT2D eigenvalue weighted by atomic mass is 10.1. The molecule has 0 saturated heterocycles. The van der Waals surface area contributed by atoms with Gasteiger partial charge in [0, 0.05) is 36.9 Å². The first-order chi connectivity index (χ1) is 11.5. The molecule has 1 aliphatic heterocycles. The summed E-state index contributed by atoms with van der Waals surface area (Å²) < 4.78 is 5.47. The van der Waals surface area contributed by atoms with Gasteiger partial charge in [0.1, 0.15) is 5.65 Å². The maximum atomic E-state index is 12.4. The van der Waals surface area contributed by atoms with Gasteiger partial charge in [-0.1, -0.05) is 6.92 Å². The molecule has 0 fully saturated rings. The highest BCUT2D eigenvalue weighted by Gasteiger charge is 2.36. The number of aromatic nitrogens is 2. The van der Waals surface area contributed by atoms with Crippen LogP contribution in [-0.2, 0) is 14.3 Å². The topological polar surface area (TPSA) is 108 Å². The first-order valence-electron chi connectivity index (χ1n) is 7.33. The number of carboxylic acid groups (broad SMARTS) is 1. The molecule has 0 saturated carbocycles. The van der Waals surface area contributed by atoms with Crippen LogP contribution in [-0.4, -0.2) is 45.4 Å². The van der Waals surface area contributed by atoms with Crippen molar-refractivity contribution in [2.24, 2.45) is 0 Å². The van der Waals surface area contributed by atoms with E-state index in [4.69, 9.17) is 4.74 Å². The van der Waals surface area contributed by atoms with Gasteiger partial charge in [-0.05, 0) is 18.2 Å². The monoisotopic (exact) mass is 328 g/mol. The highest BCUT2D eigenvalue weighted by Crippen LogP contribution is 2.27. The van der Waals surface area contributed by atoms with Crippen molar-refractivity contribution in [3.05, 3.63) is 47.3 Å². The fourth-order valence-electron chi connectivity index (χ4n) is 2.29. The second-order valence-electron chi connectivity index (χ2n) is 5.22. The van der Waals surface area contributed by atoms with Crippen molar-refractivity contribution in [3.63, 3.8) is 0 Å². The summed E-state index contributed by atoms with van der Waals surface area (Å²) >= 11 is 0. The number of Topliss-reactive ketones (excluding diaryl/α,β-unsaturated/α-hetero) is 1. The molecule has 124 valence electrons. The summed E-state index contributed by atoms with van der Waals surface area (Å²) in [5.41, 5.74) is 3.71. The van der Waals surface area contributed by atoms with Gasteiger partial charge in [0.15, 0.2) is 11.3 Å². The second-order valence-corrected chi connectivity index (χ2v) is 5.22. The molecule has 0 atom stereocenters. The predicted molar refractivity (Wildman–Crippen MR) is 86.3 cm³/mol. The Morgan fingerprint density at radius 1 is 1.54 bits per heavy atom. The maximum absolute atomic E-state index is 12.4. The second kappa shape index (κ2) is 6.17. The number of allylic oxidation sites excluding steroid dienone is 1. The van der Waals surface area contributed by atoms with Crippen molar-refractivity contribution in [2.75, 3.05) is 13.6 Å². The fourth-order valence-corrected chi connectivity index (χ4v) is 2.29. The van der Waals surface area contributed by atoms with E-state index in [2.05, 4.69) is 15.4 Å². The number of nitrogens with one attached hydrogen (secondary N) is 2. The molecule has 1 aliphatic rings. The number of nitrogens with zero attached hydrogens (tertiary/aromatic N) is 2. The highest BCUT2D eigenvalue weighted by atomic mass is 16.5. The number of carboxylic acids is 1. The normalized spacial score (nSPS) is 16.3. The van der Waals surface area contributed by atoms with Gasteiger partial charge in [-0.25, -0.2) is 14.8 Å². The Labute approximate surface area is 137 Å². The minimum atomic E-state index is -1.34. The van der Waals surface area contributed by atoms with Crippen molar-refractivity contribution >= 4 is 28.9 Å². The number of aromatic amines is 1. The van der Waals surface area contributed by atoms with E-state index in [0.717, 1.165) is 5.39 Å². The molecular weight excluding hydrogens is 312 g/mol. The minimum absolute atomic E-state index is 0.0517. The average molecular weight is 328 g/mol. The predicted octanol–water partition coefficient (Wildman–Crippen LogP) is 1.26. The number of rotatable bonds is 5. The van der Waals surface area contributed by atoms with Crippen LogP contribution in [0.4, 0.5) is 0 Å². The lowest BCUT2D eigenvalue weighted by molar-refractivity contribution is -0.134. The molecule has 0 bridgehead atoms. The Balaban J connectivity index is 1.96. The number of hydrazine groups is 1. The largest absolute Gasteiger partial charge is 0.477 e. The van der Waals surface area contributed by atoms with Crippen molar-refractivity contribution in [2.45, 2.75) is 6.92 Å². The molecule has 0 aromatic carbocycles. The highest BCUT2D eigenvalue weighted by molar-refractivity contribution is 6.26. The molecule has 0 radical (unpaired) electrons. The van der Waals surface area contributed by atoms with Gasteiger partial charge >= 0.3 is 5.97 Å². The van der Waals surface area contributed by atoms with E-state index in [1.807, 2.05) is 13.0 Å². The van der Waals surface area contributed by atoms with Gasteiger partial charge in [0.05, 0.1) is 0 Å². The van der Waals surface area contributed by atoms with E-state index in [9.17, 15) is 14.7 Å². The molecule has 0 amide bonds. The van der Waals surface area contributed by atoms with Gasteiger partial charge in [-0.2, -0.15) is 0 Å². The van der Waals surface area contributed by atoms with Crippen LogP contribution in [0.1, 0.15) is 12.5 Å². The summed E-state index contributed by atoms with van der Waals surface area (Å²) in [4.78, 5) is 30.9. The molecule has 8 nitrogen and oxygen atoms in total. The molecule has 2 aromatic rings. The van der Waals surface area contributed by atoms with Crippen LogP contribution >= 0.6 is 0 Å². The van der Waals surface area contributed by atoms with Crippen LogP contribution in [0.3, 0.4) is 0 Å². The zero-order valence-corrected chi connectivity index (χ0v) is 13.2. The Morgan fingerprint density at radius 3 is 3.04 bits per heavy atom.